The topological polar surface area (TPSA) is 29.3 Å². The fourth-order valence-electron chi connectivity index (χ4n) is 2.11. The van der Waals surface area contributed by atoms with Crippen LogP contribution in [0, 0.1) is 0 Å². The van der Waals surface area contributed by atoms with Crippen LogP contribution in [0.5, 0.6) is 0 Å². The summed E-state index contributed by atoms with van der Waals surface area (Å²) < 4.78 is 0. The van der Waals surface area contributed by atoms with Crippen molar-refractivity contribution in [1.82, 2.24) is 4.90 Å². The Morgan fingerprint density at radius 3 is 2.71 bits per heavy atom. The lowest BCUT2D eigenvalue weighted by molar-refractivity contribution is 0.258. The number of hydrogen-bond donors (Lipinski definition) is 1. The van der Waals surface area contributed by atoms with Gasteiger partial charge in [-0.25, -0.2) is 0 Å². The van der Waals surface area contributed by atoms with Crippen LogP contribution in [-0.4, -0.2) is 24.0 Å². The van der Waals surface area contributed by atoms with Crippen molar-refractivity contribution in [3.63, 3.8) is 0 Å². The number of likely N-dealkylation sites (tertiary alicyclic amines) is 1. The molecule has 1 aliphatic rings. The Hall–Kier alpha value is -0.540. The second kappa shape index (κ2) is 4.32. The second-order valence-electron chi connectivity index (χ2n) is 4.10. The Morgan fingerprint density at radius 1 is 1.43 bits per heavy atom. The molecule has 2 rings (SSSR count). The molecule has 1 aromatic rings. The van der Waals surface area contributed by atoms with E-state index >= 15 is 0 Å². The highest BCUT2D eigenvalue weighted by atomic mass is 32.1. The number of anilines is 1. The maximum Gasteiger partial charge on any atom is 0.0859 e. The van der Waals surface area contributed by atoms with Gasteiger partial charge in [-0.15, -0.1) is 11.3 Å². The average molecular weight is 210 g/mol. The van der Waals surface area contributed by atoms with E-state index in [4.69, 9.17) is 5.73 Å². The molecule has 0 radical (unpaired) electrons. The summed E-state index contributed by atoms with van der Waals surface area (Å²) >= 11 is 1.73. The molecule has 14 heavy (non-hydrogen) atoms. The maximum atomic E-state index is 5.71. The van der Waals surface area contributed by atoms with Gasteiger partial charge in [0.15, 0.2) is 0 Å². The van der Waals surface area contributed by atoms with Gasteiger partial charge >= 0.3 is 0 Å². The van der Waals surface area contributed by atoms with E-state index in [1.54, 1.807) is 11.3 Å². The normalized spacial score (nSPS) is 20.1. The summed E-state index contributed by atoms with van der Waals surface area (Å²) in [5.74, 6) is 0. The molecule has 0 aromatic carbocycles. The third-order valence-electron chi connectivity index (χ3n) is 2.94. The first-order valence-corrected chi connectivity index (χ1v) is 6.15. The van der Waals surface area contributed by atoms with Crippen molar-refractivity contribution < 1.29 is 0 Å². The largest absolute Gasteiger partial charge is 0.391 e. The summed E-state index contributed by atoms with van der Waals surface area (Å²) in [6.07, 6.45) is 3.90. The van der Waals surface area contributed by atoms with Gasteiger partial charge in [-0.3, -0.25) is 0 Å². The van der Waals surface area contributed by atoms with Crippen LogP contribution in [0.4, 0.5) is 5.00 Å². The molecule has 1 saturated heterocycles. The minimum absolute atomic E-state index is 0.676. The molecule has 0 amide bonds. The van der Waals surface area contributed by atoms with Gasteiger partial charge in [-0.1, -0.05) is 0 Å². The highest BCUT2D eigenvalue weighted by Crippen LogP contribution is 2.22. The molecule has 0 saturated carbocycles. The molecule has 0 aliphatic carbocycles. The van der Waals surface area contributed by atoms with Crippen molar-refractivity contribution in [2.75, 3.05) is 18.8 Å². The van der Waals surface area contributed by atoms with Crippen LogP contribution in [0.15, 0.2) is 12.1 Å². The summed E-state index contributed by atoms with van der Waals surface area (Å²) in [6.45, 7) is 4.88. The smallest absolute Gasteiger partial charge is 0.0859 e. The van der Waals surface area contributed by atoms with Gasteiger partial charge in [0.2, 0.25) is 0 Å². The lowest BCUT2D eigenvalue weighted by Gasteiger charge is -2.22. The summed E-state index contributed by atoms with van der Waals surface area (Å²) in [4.78, 5) is 4.00. The van der Waals surface area contributed by atoms with Crippen LogP contribution in [-0.2, 0) is 6.42 Å². The van der Waals surface area contributed by atoms with Crippen LogP contribution in [0.25, 0.3) is 0 Å². The number of nitrogens with two attached hydrogens (primary N) is 1. The first-order valence-electron chi connectivity index (χ1n) is 5.34. The van der Waals surface area contributed by atoms with Crippen molar-refractivity contribution in [3.8, 4) is 0 Å². The van der Waals surface area contributed by atoms with Gasteiger partial charge in [0.1, 0.15) is 0 Å². The molecule has 2 N–H and O–H groups in total. The van der Waals surface area contributed by atoms with Crippen LogP contribution in [0.2, 0.25) is 0 Å². The van der Waals surface area contributed by atoms with Gasteiger partial charge in [0, 0.05) is 10.9 Å². The molecule has 2 nitrogen and oxygen atoms in total. The van der Waals surface area contributed by atoms with Gasteiger partial charge in [-0.2, -0.15) is 0 Å². The van der Waals surface area contributed by atoms with Crippen molar-refractivity contribution in [2.24, 2.45) is 0 Å². The molecular formula is C11H18N2S. The number of nitrogens with zero attached hydrogens (tertiary/aromatic N) is 1. The molecule has 1 unspecified atom stereocenters. The highest BCUT2D eigenvalue weighted by Gasteiger charge is 2.18. The van der Waals surface area contributed by atoms with Crippen LogP contribution >= 0.6 is 11.3 Å². The lowest BCUT2D eigenvalue weighted by atomic mass is 10.2. The molecule has 78 valence electrons. The lowest BCUT2D eigenvalue weighted by Crippen LogP contribution is -2.31. The molecule has 0 spiro atoms. The van der Waals surface area contributed by atoms with Crippen molar-refractivity contribution in [2.45, 2.75) is 32.2 Å². The zero-order valence-electron chi connectivity index (χ0n) is 8.70. The predicted molar refractivity (Wildman–Crippen MR) is 62.7 cm³/mol. The average Bonchev–Trinajstić information content (AvgIpc) is 2.75. The molecule has 2 heterocycles. The van der Waals surface area contributed by atoms with E-state index in [9.17, 15) is 0 Å². The number of rotatable bonds is 3. The molecular weight excluding hydrogens is 192 g/mol. The Balaban J connectivity index is 1.90. The Kier molecular flexibility index (Phi) is 3.08. The zero-order valence-corrected chi connectivity index (χ0v) is 9.52. The summed E-state index contributed by atoms with van der Waals surface area (Å²) in [6, 6.07) is 4.85. The quantitative estimate of drug-likeness (QED) is 0.830. The van der Waals surface area contributed by atoms with Crippen LogP contribution in [0.3, 0.4) is 0 Å². The minimum atomic E-state index is 0.676. The van der Waals surface area contributed by atoms with Crippen LogP contribution < -0.4 is 5.73 Å². The molecule has 0 bridgehead atoms. The minimum Gasteiger partial charge on any atom is -0.391 e. The van der Waals surface area contributed by atoms with Crippen molar-refractivity contribution in [1.29, 1.82) is 0 Å². The van der Waals surface area contributed by atoms with E-state index in [1.165, 1.54) is 30.8 Å². The van der Waals surface area contributed by atoms with Gasteiger partial charge in [-0.05, 0) is 51.4 Å². The zero-order chi connectivity index (χ0) is 9.97. The van der Waals surface area contributed by atoms with E-state index in [1.807, 2.05) is 6.07 Å². The van der Waals surface area contributed by atoms with Gasteiger partial charge in [0.05, 0.1) is 5.00 Å². The van der Waals surface area contributed by atoms with E-state index in [0.29, 0.717) is 6.04 Å². The fourth-order valence-corrected chi connectivity index (χ4v) is 3.01. The Bertz CT molecular complexity index is 289. The molecule has 1 aliphatic heterocycles. The third-order valence-corrected chi connectivity index (χ3v) is 3.88. The summed E-state index contributed by atoms with van der Waals surface area (Å²) in [7, 11) is 0. The van der Waals surface area contributed by atoms with E-state index in [2.05, 4.69) is 17.9 Å². The molecule has 1 atom stereocenters. The molecule has 1 aromatic heterocycles. The van der Waals surface area contributed by atoms with Crippen LogP contribution in [0.1, 0.15) is 24.6 Å². The standard InChI is InChI=1S/C11H18N2S/c1-9(13-6-2-3-7-13)8-10-4-5-11(12)14-10/h4-5,9H,2-3,6-8,12H2,1H3. The van der Waals surface area contributed by atoms with Gasteiger partial charge in [0.25, 0.3) is 0 Å². The number of nitrogen functional groups attached to an aromatic ring is 1. The molecule has 1 fully saturated rings. The summed E-state index contributed by atoms with van der Waals surface area (Å²) in [5.41, 5.74) is 5.71. The van der Waals surface area contributed by atoms with Crippen molar-refractivity contribution in [3.05, 3.63) is 17.0 Å². The Morgan fingerprint density at radius 2 is 2.14 bits per heavy atom. The number of thiophene rings is 1. The van der Waals surface area contributed by atoms with E-state index in [0.717, 1.165) is 11.4 Å². The van der Waals surface area contributed by atoms with Crippen molar-refractivity contribution >= 4 is 16.3 Å². The SMILES string of the molecule is CC(Cc1ccc(N)s1)N1CCCC1. The predicted octanol–water partition coefficient (Wildman–Crippen LogP) is 2.36. The maximum absolute atomic E-state index is 5.71. The van der Waals surface area contributed by atoms with E-state index < -0.39 is 0 Å². The monoisotopic (exact) mass is 210 g/mol. The first-order chi connectivity index (χ1) is 6.75. The molecule has 3 heteroatoms. The highest BCUT2D eigenvalue weighted by molar-refractivity contribution is 7.15. The number of hydrogen-bond acceptors (Lipinski definition) is 3. The summed E-state index contributed by atoms with van der Waals surface area (Å²) in [5, 5.41) is 0.939. The van der Waals surface area contributed by atoms with Gasteiger partial charge < -0.3 is 10.6 Å². The second-order valence-corrected chi connectivity index (χ2v) is 5.30. The fraction of sp³-hybridized carbons (Fsp3) is 0.636. The van der Waals surface area contributed by atoms with E-state index in [-0.39, 0.29) is 0 Å². The third kappa shape index (κ3) is 2.28. The Labute approximate surface area is 89.7 Å². The first kappa shape index (κ1) is 9.99.